The van der Waals surface area contributed by atoms with Gasteiger partial charge in [-0.2, -0.15) is 5.10 Å². The molecule has 2 heterocycles. The summed E-state index contributed by atoms with van der Waals surface area (Å²) >= 11 is 0. The molecule has 29 heavy (non-hydrogen) atoms. The Morgan fingerprint density at radius 3 is 2.52 bits per heavy atom. The van der Waals surface area contributed by atoms with Crippen molar-refractivity contribution in [3.05, 3.63) is 101 Å². The predicted molar refractivity (Wildman–Crippen MR) is 115 cm³/mol. The van der Waals surface area contributed by atoms with Crippen LogP contribution in [0.3, 0.4) is 0 Å². The van der Waals surface area contributed by atoms with Crippen molar-refractivity contribution >= 4 is 11.6 Å². The van der Waals surface area contributed by atoms with Crippen molar-refractivity contribution in [1.82, 2.24) is 14.9 Å². The molecule has 3 aromatic rings. The maximum Gasteiger partial charge on any atom is 0.274 e. The number of carbonyl (C=O) groups is 1. The van der Waals surface area contributed by atoms with Crippen molar-refractivity contribution in [1.29, 1.82) is 0 Å². The maximum absolute atomic E-state index is 13.3. The lowest BCUT2D eigenvalue weighted by molar-refractivity contribution is 0.0710. The summed E-state index contributed by atoms with van der Waals surface area (Å²) in [6.45, 7) is 0.808. The van der Waals surface area contributed by atoms with Crippen LogP contribution >= 0.6 is 0 Å². The van der Waals surface area contributed by atoms with Crippen LogP contribution in [0.4, 0.5) is 0 Å². The highest BCUT2D eigenvalue weighted by Gasteiger charge is 2.34. The van der Waals surface area contributed by atoms with Crippen LogP contribution in [0.15, 0.2) is 84.2 Å². The average Bonchev–Trinajstić information content (AvgIpc) is 3.20. The highest BCUT2D eigenvalue weighted by molar-refractivity contribution is 6.04. The van der Waals surface area contributed by atoms with Crippen LogP contribution in [0.5, 0.6) is 0 Å². The second-order valence-corrected chi connectivity index (χ2v) is 7.46. The summed E-state index contributed by atoms with van der Waals surface area (Å²) in [5.74, 6) is -0.0888. The van der Waals surface area contributed by atoms with Gasteiger partial charge in [-0.25, -0.2) is 5.01 Å². The van der Waals surface area contributed by atoms with Crippen molar-refractivity contribution in [3.63, 3.8) is 0 Å². The van der Waals surface area contributed by atoms with E-state index in [1.807, 2.05) is 54.6 Å². The topological polar surface area (TPSA) is 48.8 Å². The third kappa shape index (κ3) is 4.10. The first-order valence-electron chi connectivity index (χ1n) is 9.72. The molecular formula is C24H24N4O. The quantitative estimate of drug-likeness (QED) is 0.664. The number of amides is 1. The fourth-order valence-electron chi connectivity index (χ4n) is 3.70. The van der Waals surface area contributed by atoms with E-state index in [-0.39, 0.29) is 11.9 Å². The first kappa shape index (κ1) is 19.0. The fourth-order valence-corrected chi connectivity index (χ4v) is 3.70. The number of carbonyl (C=O) groups excluding carboxylic acids is 1. The molecule has 1 aromatic heterocycles. The number of nitrogens with zero attached hydrogens (tertiary/aromatic N) is 4. The fraction of sp³-hybridized carbons (Fsp3) is 0.208. The van der Waals surface area contributed by atoms with Crippen LogP contribution in [0.25, 0.3) is 0 Å². The first-order valence-corrected chi connectivity index (χ1v) is 9.72. The molecule has 1 amide bonds. The summed E-state index contributed by atoms with van der Waals surface area (Å²) in [5, 5.41) is 6.40. The monoisotopic (exact) mass is 384 g/mol. The van der Waals surface area contributed by atoms with Crippen LogP contribution in [-0.2, 0) is 6.54 Å². The molecular weight excluding hydrogens is 360 g/mol. The van der Waals surface area contributed by atoms with Gasteiger partial charge >= 0.3 is 0 Å². The van der Waals surface area contributed by atoms with E-state index in [1.54, 1.807) is 17.4 Å². The molecule has 1 aliphatic heterocycles. The summed E-state index contributed by atoms with van der Waals surface area (Å²) in [6.07, 6.45) is 4.21. The molecule has 0 bridgehead atoms. The van der Waals surface area contributed by atoms with Gasteiger partial charge in [0, 0.05) is 36.5 Å². The summed E-state index contributed by atoms with van der Waals surface area (Å²) in [7, 11) is 4.10. The number of hydrogen-bond donors (Lipinski definition) is 0. The number of pyridine rings is 1. The Bertz CT molecular complexity index is 1020. The van der Waals surface area contributed by atoms with Gasteiger partial charge in [-0.1, -0.05) is 48.5 Å². The van der Waals surface area contributed by atoms with Crippen LogP contribution in [0.1, 0.15) is 39.5 Å². The van der Waals surface area contributed by atoms with Crippen molar-refractivity contribution < 1.29 is 4.79 Å². The second-order valence-electron chi connectivity index (χ2n) is 7.46. The van der Waals surface area contributed by atoms with Gasteiger partial charge in [-0.15, -0.1) is 0 Å². The van der Waals surface area contributed by atoms with E-state index in [2.05, 4.69) is 36.1 Å². The molecule has 1 unspecified atom stereocenters. The van der Waals surface area contributed by atoms with E-state index in [4.69, 9.17) is 5.10 Å². The Morgan fingerprint density at radius 2 is 1.79 bits per heavy atom. The maximum atomic E-state index is 13.3. The first-order chi connectivity index (χ1) is 14.1. The van der Waals surface area contributed by atoms with Crippen LogP contribution in [-0.4, -0.2) is 40.6 Å². The normalized spacial score (nSPS) is 16.2. The minimum Gasteiger partial charge on any atom is -0.305 e. The van der Waals surface area contributed by atoms with E-state index in [0.29, 0.717) is 12.0 Å². The molecule has 0 saturated carbocycles. The number of hydrogen-bond acceptors (Lipinski definition) is 4. The average molecular weight is 384 g/mol. The summed E-state index contributed by atoms with van der Waals surface area (Å²) in [5.41, 5.74) is 4.81. The number of aromatic nitrogens is 1. The molecule has 146 valence electrons. The molecule has 0 aliphatic carbocycles. The highest BCUT2D eigenvalue weighted by Crippen LogP contribution is 2.35. The molecule has 5 heteroatoms. The van der Waals surface area contributed by atoms with E-state index >= 15 is 0 Å². The number of benzene rings is 2. The third-order valence-electron chi connectivity index (χ3n) is 5.03. The molecule has 0 fully saturated rings. The summed E-state index contributed by atoms with van der Waals surface area (Å²) < 4.78 is 0. The van der Waals surface area contributed by atoms with Gasteiger partial charge in [0.15, 0.2) is 0 Å². The second kappa shape index (κ2) is 8.37. The SMILES string of the molecule is CN(C)Cc1ccccc1C1CC(c2cccnc2)=NN1C(=O)c1ccccc1. The Morgan fingerprint density at radius 1 is 1.03 bits per heavy atom. The Kier molecular flexibility index (Phi) is 5.49. The molecule has 1 atom stereocenters. The molecule has 0 spiro atoms. The van der Waals surface area contributed by atoms with Crippen molar-refractivity contribution in [3.8, 4) is 0 Å². The number of rotatable bonds is 5. The largest absolute Gasteiger partial charge is 0.305 e. The minimum absolute atomic E-state index is 0.0888. The standard InChI is InChI=1S/C24H24N4O/c1-27(2)17-20-11-6-7-13-21(20)23-15-22(19-12-8-14-25-16-19)26-28(23)24(29)18-9-4-3-5-10-18/h3-14,16,23H,15,17H2,1-2H3. The van der Waals surface area contributed by atoms with Crippen LogP contribution < -0.4 is 0 Å². The van der Waals surface area contributed by atoms with E-state index in [1.165, 1.54) is 5.56 Å². The zero-order chi connectivity index (χ0) is 20.2. The van der Waals surface area contributed by atoms with Gasteiger partial charge in [-0.3, -0.25) is 9.78 Å². The van der Waals surface area contributed by atoms with Crippen LogP contribution in [0, 0.1) is 0 Å². The molecule has 0 saturated heterocycles. The number of hydrazone groups is 1. The minimum atomic E-state index is -0.144. The molecule has 4 rings (SSSR count). The zero-order valence-electron chi connectivity index (χ0n) is 16.7. The van der Waals surface area contributed by atoms with Gasteiger partial charge in [0.1, 0.15) is 0 Å². The van der Waals surface area contributed by atoms with Crippen LogP contribution in [0.2, 0.25) is 0 Å². The lowest BCUT2D eigenvalue weighted by Gasteiger charge is -2.25. The van der Waals surface area contributed by atoms with Gasteiger partial charge in [0.05, 0.1) is 11.8 Å². The van der Waals surface area contributed by atoms with Gasteiger partial charge < -0.3 is 4.90 Å². The Balaban J connectivity index is 1.75. The Hall–Kier alpha value is -3.31. The van der Waals surface area contributed by atoms with E-state index < -0.39 is 0 Å². The highest BCUT2D eigenvalue weighted by atomic mass is 16.2. The summed E-state index contributed by atoms with van der Waals surface area (Å²) in [6, 6.07) is 21.4. The molecule has 0 radical (unpaired) electrons. The molecule has 1 aliphatic rings. The lowest BCUT2D eigenvalue weighted by atomic mass is 9.94. The predicted octanol–water partition coefficient (Wildman–Crippen LogP) is 4.13. The summed E-state index contributed by atoms with van der Waals surface area (Å²) in [4.78, 5) is 19.7. The van der Waals surface area contributed by atoms with Gasteiger partial charge in [-0.05, 0) is 43.4 Å². The van der Waals surface area contributed by atoms with Crippen molar-refractivity contribution in [2.75, 3.05) is 14.1 Å². The van der Waals surface area contributed by atoms with Crippen molar-refractivity contribution in [2.24, 2.45) is 5.10 Å². The van der Waals surface area contributed by atoms with Gasteiger partial charge in [0.2, 0.25) is 0 Å². The van der Waals surface area contributed by atoms with E-state index in [0.717, 1.165) is 23.4 Å². The molecule has 5 nitrogen and oxygen atoms in total. The Labute approximate surface area is 171 Å². The van der Waals surface area contributed by atoms with E-state index in [9.17, 15) is 4.79 Å². The van der Waals surface area contributed by atoms with Gasteiger partial charge in [0.25, 0.3) is 5.91 Å². The zero-order valence-corrected chi connectivity index (χ0v) is 16.7. The van der Waals surface area contributed by atoms with Crippen molar-refractivity contribution in [2.45, 2.75) is 19.0 Å². The molecule has 0 N–H and O–H groups in total. The smallest absolute Gasteiger partial charge is 0.274 e. The lowest BCUT2D eigenvalue weighted by Crippen LogP contribution is -2.28. The third-order valence-corrected chi connectivity index (χ3v) is 5.03. The molecule has 2 aromatic carbocycles.